The number of carbonyl (C=O) groups is 2. The number of esters is 2. The zero-order valence-electron chi connectivity index (χ0n) is 11.2. The molecule has 116 valence electrons. The van der Waals surface area contributed by atoms with Crippen LogP contribution in [0.15, 0.2) is 18.8 Å². The van der Waals surface area contributed by atoms with Crippen LogP contribution in [0.4, 0.5) is 0 Å². The van der Waals surface area contributed by atoms with Gasteiger partial charge in [-0.05, 0) is 45.7 Å². The fourth-order valence-electron chi connectivity index (χ4n) is 1.64. The molecular formula is C12H12Br2O6S. The average molecular weight is 444 g/mol. The highest BCUT2D eigenvalue weighted by molar-refractivity contribution is 9.12. The van der Waals surface area contributed by atoms with E-state index in [1.54, 1.807) is 13.8 Å². The summed E-state index contributed by atoms with van der Waals surface area (Å²) in [6.45, 7) is 4.35. The van der Waals surface area contributed by atoms with Gasteiger partial charge in [0, 0.05) is 13.2 Å². The van der Waals surface area contributed by atoms with E-state index in [4.69, 9.17) is 18.9 Å². The molecule has 2 aliphatic heterocycles. The molecule has 2 rings (SSSR count). The molecule has 0 aromatic heterocycles. The maximum Gasteiger partial charge on any atom is 0.348 e. The zero-order valence-corrected chi connectivity index (χ0v) is 15.2. The van der Waals surface area contributed by atoms with Crippen molar-refractivity contribution in [2.75, 3.05) is 13.2 Å². The second-order valence-electron chi connectivity index (χ2n) is 3.84. The van der Waals surface area contributed by atoms with E-state index in [1.165, 1.54) is 0 Å². The maximum absolute atomic E-state index is 11.6. The predicted molar refractivity (Wildman–Crippen MR) is 82.5 cm³/mol. The summed E-state index contributed by atoms with van der Waals surface area (Å²) in [6.07, 6.45) is -1.60. The second kappa shape index (κ2) is 7.28. The van der Waals surface area contributed by atoms with Crippen LogP contribution in [0.3, 0.4) is 0 Å². The molecule has 0 bridgehead atoms. The molecule has 2 atom stereocenters. The molecule has 0 saturated heterocycles. The first-order valence-electron chi connectivity index (χ1n) is 6.11. The van der Waals surface area contributed by atoms with Crippen molar-refractivity contribution < 1.29 is 28.5 Å². The summed E-state index contributed by atoms with van der Waals surface area (Å²) in [4.78, 5) is 24.3. The third kappa shape index (κ3) is 3.53. The number of rotatable bonds is 6. The summed E-state index contributed by atoms with van der Waals surface area (Å²) in [5.74, 6) is -1.02. The van der Waals surface area contributed by atoms with Crippen molar-refractivity contribution >= 4 is 55.6 Å². The van der Waals surface area contributed by atoms with Gasteiger partial charge < -0.3 is 18.9 Å². The molecule has 2 unspecified atom stereocenters. The minimum absolute atomic E-state index is 0.272. The van der Waals surface area contributed by atoms with Crippen LogP contribution in [0.1, 0.15) is 13.8 Å². The highest BCUT2D eigenvalue weighted by atomic mass is 79.9. The molecular weight excluding hydrogens is 432 g/mol. The smallest absolute Gasteiger partial charge is 0.348 e. The first-order chi connectivity index (χ1) is 9.99. The van der Waals surface area contributed by atoms with Gasteiger partial charge in [0.2, 0.25) is 12.6 Å². The van der Waals surface area contributed by atoms with Crippen LogP contribution in [-0.4, -0.2) is 37.7 Å². The van der Waals surface area contributed by atoms with Crippen LogP contribution >= 0.6 is 43.6 Å². The van der Waals surface area contributed by atoms with Crippen molar-refractivity contribution in [1.29, 1.82) is 0 Å². The maximum atomic E-state index is 11.6. The Balaban J connectivity index is 2.25. The number of ether oxygens (including phenoxy) is 4. The van der Waals surface area contributed by atoms with E-state index in [9.17, 15) is 9.59 Å². The van der Waals surface area contributed by atoms with Crippen LogP contribution in [0.5, 0.6) is 0 Å². The molecule has 21 heavy (non-hydrogen) atoms. The van der Waals surface area contributed by atoms with Gasteiger partial charge >= 0.3 is 11.9 Å². The van der Waals surface area contributed by atoms with Gasteiger partial charge in [-0.15, -0.1) is 0 Å². The van der Waals surface area contributed by atoms with E-state index in [1.807, 2.05) is 0 Å². The Bertz CT molecular complexity index is 484. The lowest BCUT2D eigenvalue weighted by Gasteiger charge is -2.16. The number of halogens is 2. The lowest BCUT2D eigenvalue weighted by molar-refractivity contribution is -0.158. The van der Waals surface area contributed by atoms with Crippen molar-refractivity contribution in [3.05, 3.63) is 18.8 Å². The number of thioether (sulfide) groups is 1. The van der Waals surface area contributed by atoms with Gasteiger partial charge in [-0.1, -0.05) is 11.8 Å². The normalized spacial score (nSPS) is 25.7. The fraction of sp³-hybridized carbons (Fsp3) is 0.500. The van der Waals surface area contributed by atoms with Gasteiger partial charge in [-0.2, -0.15) is 0 Å². The van der Waals surface area contributed by atoms with E-state index >= 15 is 0 Å². The molecule has 0 N–H and O–H groups in total. The van der Waals surface area contributed by atoms with Crippen molar-refractivity contribution in [1.82, 2.24) is 0 Å². The Morgan fingerprint density at radius 1 is 0.952 bits per heavy atom. The van der Waals surface area contributed by atoms with E-state index in [-0.39, 0.29) is 8.96 Å². The van der Waals surface area contributed by atoms with E-state index < -0.39 is 24.5 Å². The summed E-state index contributed by atoms with van der Waals surface area (Å²) in [7, 11) is 0. The standard InChI is InChI=1S/C12H12Br2O6S/c1-3-17-11-7(5(13)9(15)19-11)21-8-6(14)10(16)20-12(8)18-4-2/h11-12H,3-4H2,1-2H3. The topological polar surface area (TPSA) is 71.1 Å². The van der Waals surface area contributed by atoms with E-state index in [2.05, 4.69) is 31.9 Å². The van der Waals surface area contributed by atoms with Crippen LogP contribution in [-0.2, 0) is 28.5 Å². The highest BCUT2D eigenvalue weighted by Gasteiger charge is 2.40. The van der Waals surface area contributed by atoms with Crippen molar-refractivity contribution in [3.8, 4) is 0 Å². The van der Waals surface area contributed by atoms with Gasteiger partial charge in [-0.3, -0.25) is 0 Å². The molecule has 2 heterocycles. The Morgan fingerprint density at radius 3 is 1.67 bits per heavy atom. The van der Waals surface area contributed by atoms with Gasteiger partial charge in [0.25, 0.3) is 0 Å². The monoisotopic (exact) mass is 442 g/mol. The Labute approximate surface area is 142 Å². The zero-order chi connectivity index (χ0) is 15.6. The Kier molecular flexibility index (Phi) is 5.89. The molecule has 0 aromatic carbocycles. The summed E-state index contributed by atoms with van der Waals surface area (Å²) < 4.78 is 21.5. The third-order valence-corrected chi connectivity index (χ3v) is 5.76. The minimum Gasteiger partial charge on any atom is -0.427 e. The summed E-state index contributed by atoms with van der Waals surface area (Å²) >= 11 is 7.52. The first kappa shape index (κ1) is 17.0. The van der Waals surface area contributed by atoms with Gasteiger partial charge in [0.05, 0.1) is 9.81 Å². The fourth-order valence-corrected chi connectivity index (χ4v) is 3.69. The number of carbonyl (C=O) groups excluding carboxylic acids is 2. The van der Waals surface area contributed by atoms with Crippen molar-refractivity contribution in [3.63, 3.8) is 0 Å². The van der Waals surface area contributed by atoms with E-state index in [0.717, 1.165) is 11.8 Å². The third-order valence-electron chi connectivity index (χ3n) is 2.50. The molecule has 6 nitrogen and oxygen atoms in total. The second-order valence-corrected chi connectivity index (χ2v) is 6.51. The molecule has 0 spiro atoms. The minimum atomic E-state index is -0.798. The van der Waals surface area contributed by atoms with Crippen LogP contribution in [0.2, 0.25) is 0 Å². The average Bonchev–Trinajstić information content (AvgIpc) is 2.85. The lowest BCUT2D eigenvalue weighted by Crippen LogP contribution is -2.17. The number of cyclic esters (lactones) is 2. The molecule has 0 aliphatic carbocycles. The molecule has 0 amide bonds. The SMILES string of the molecule is CCOC1OC(=O)C(Br)=C1SC1=C(Br)C(=O)OC1OCC. The molecule has 0 radical (unpaired) electrons. The lowest BCUT2D eigenvalue weighted by atomic mass is 10.5. The first-order valence-corrected chi connectivity index (χ1v) is 8.52. The van der Waals surface area contributed by atoms with Crippen LogP contribution < -0.4 is 0 Å². The largest absolute Gasteiger partial charge is 0.427 e. The highest BCUT2D eigenvalue weighted by Crippen LogP contribution is 2.45. The molecule has 9 heteroatoms. The molecule has 0 saturated carbocycles. The van der Waals surface area contributed by atoms with E-state index in [0.29, 0.717) is 23.0 Å². The molecule has 2 aliphatic rings. The Hall–Kier alpha value is -0.350. The van der Waals surface area contributed by atoms with Crippen molar-refractivity contribution in [2.45, 2.75) is 26.4 Å². The van der Waals surface area contributed by atoms with Gasteiger partial charge in [0.15, 0.2) is 0 Å². The van der Waals surface area contributed by atoms with Crippen molar-refractivity contribution in [2.24, 2.45) is 0 Å². The van der Waals surface area contributed by atoms with Gasteiger partial charge in [-0.25, -0.2) is 9.59 Å². The number of hydrogen-bond donors (Lipinski definition) is 0. The molecule has 0 fully saturated rings. The number of hydrogen-bond acceptors (Lipinski definition) is 7. The predicted octanol–water partition coefficient (Wildman–Crippen LogP) is 2.77. The molecule has 0 aromatic rings. The van der Waals surface area contributed by atoms with Crippen LogP contribution in [0.25, 0.3) is 0 Å². The Morgan fingerprint density at radius 2 is 1.33 bits per heavy atom. The van der Waals surface area contributed by atoms with Crippen LogP contribution in [0, 0.1) is 0 Å². The van der Waals surface area contributed by atoms with Gasteiger partial charge in [0.1, 0.15) is 8.96 Å². The summed E-state index contributed by atoms with van der Waals surface area (Å²) in [5.41, 5.74) is 0. The summed E-state index contributed by atoms with van der Waals surface area (Å²) in [6, 6.07) is 0. The summed E-state index contributed by atoms with van der Waals surface area (Å²) in [5, 5.41) is 0. The quantitative estimate of drug-likeness (QED) is 0.584.